The summed E-state index contributed by atoms with van der Waals surface area (Å²) in [6.45, 7) is 5.08. The number of rotatable bonds is 6. The topological polar surface area (TPSA) is 21.3 Å². The summed E-state index contributed by atoms with van der Waals surface area (Å²) in [5, 5.41) is 4.34. The van der Waals surface area contributed by atoms with Gasteiger partial charge < -0.3 is 10.1 Å². The van der Waals surface area contributed by atoms with Crippen LogP contribution in [0.15, 0.2) is 42.5 Å². The molecule has 0 aliphatic carbocycles. The van der Waals surface area contributed by atoms with Gasteiger partial charge >= 0.3 is 0 Å². The Balaban J connectivity index is 1.95. The Morgan fingerprint density at radius 1 is 1.19 bits per heavy atom. The van der Waals surface area contributed by atoms with E-state index in [-0.39, 0.29) is 0 Å². The lowest BCUT2D eigenvalue weighted by atomic mass is 10.1. The second kappa shape index (κ2) is 7.48. The van der Waals surface area contributed by atoms with Crippen LogP contribution in [0.4, 0.5) is 0 Å². The zero-order valence-electron chi connectivity index (χ0n) is 12.8. The fourth-order valence-electron chi connectivity index (χ4n) is 2.42. The molecule has 1 unspecified atom stereocenters. The lowest BCUT2D eigenvalue weighted by Gasteiger charge is -2.16. The van der Waals surface area contributed by atoms with Crippen molar-refractivity contribution >= 4 is 11.6 Å². The number of benzene rings is 2. The Kier molecular flexibility index (Phi) is 5.66. The smallest absolute Gasteiger partial charge is 0.123 e. The van der Waals surface area contributed by atoms with E-state index in [2.05, 4.69) is 37.4 Å². The van der Waals surface area contributed by atoms with E-state index < -0.39 is 0 Å². The molecule has 0 saturated heterocycles. The van der Waals surface area contributed by atoms with Crippen molar-refractivity contribution in [2.24, 2.45) is 0 Å². The standard InChI is InChI=1S/C18H22ClNO/c1-13-7-8-18(21-3)16(9-13)12-20-14(2)10-15-5-4-6-17(19)11-15/h4-9,11,14,20H,10,12H2,1-3H3. The minimum atomic E-state index is 0.369. The third-order valence-electron chi connectivity index (χ3n) is 3.51. The first-order valence-electron chi connectivity index (χ1n) is 7.20. The highest BCUT2D eigenvalue weighted by atomic mass is 35.5. The average Bonchev–Trinajstić information content (AvgIpc) is 2.45. The Hall–Kier alpha value is -1.51. The van der Waals surface area contributed by atoms with Crippen LogP contribution in [0.2, 0.25) is 5.02 Å². The molecule has 2 aromatic rings. The van der Waals surface area contributed by atoms with Crippen molar-refractivity contribution in [1.82, 2.24) is 5.32 Å². The van der Waals surface area contributed by atoms with E-state index in [0.29, 0.717) is 6.04 Å². The number of methoxy groups -OCH3 is 1. The van der Waals surface area contributed by atoms with Gasteiger partial charge in [-0.25, -0.2) is 0 Å². The summed E-state index contributed by atoms with van der Waals surface area (Å²) in [6, 6.07) is 14.6. The molecule has 2 nitrogen and oxygen atoms in total. The van der Waals surface area contributed by atoms with Gasteiger partial charge in [-0.2, -0.15) is 0 Å². The molecule has 3 heteroatoms. The predicted molar refractivity (Wildman–Crippen MR) is 89.2 cm³/mol. The summed E-state index contributed by atoms with van der Waals surface area (Å²) in [6.07, 6.45) is 0.953. The summed E-state index contributed by atoms with van der Waals surface area (Å²) in [5.74, 6) is 0.933. The molecule has 112 valence electrons. The van der Waals surface area contributed by atoms with Crippen LogP contribution < -0.4 is 10.1 Å². The molecule has 0 amide bonds. The quantitative estimate of drug-likeness (QED) is 0.855. The third kappa shape index (κ3) is 4.76. The Labute approximate surface area is 132 Å². The first kappa shape index (κ1) is 15.9. The van der Waals surface area contributed by atoms with Gasteiger partial charge in [0.1, 0.15) is 5.75 Å². The fraction of sp³-hybridized carbons (Fsp3) is 0.333. The predicted octanol–water partition coefficient (Wildman–Crippen LogP) is 4.38. The molecule has 0 radical (unpaired) electrons. The maximum absolute atomic E-state index is 6.02. The van der Waals surface area contributed by atoms with Crippen LogP contribution in [0.1, 0.15) is 23.6 Å². The maximum atomic E-state index is 6.02. The molecule has 0 aliphatic heterocycles. The number of hydrogen-bond acceptors (Lipinski definition) is 2. The molecule has 0 aromatic heterocycles. The number of nitrogens with one attached hydrogen (secondary N) is 1. The molecule has 2 aromatic carbocycles. The van der Waals surface area contributed by atoms with Gasteiger partial charge in [0.25, 0.3) is 0 Å². The van der Waals surface area contributed by atoms with Gasteiger partial charge in [0.15, 0.2) is 0 Å². The molecule has 0 aliphatic rings. The lowest BCUT2D eigenvalue weighted by molar-refractivity contribution is 0.405. The largest absolute Gasteiger partial charge is 0.496 e. The van der Waals surface area contributed by atoms with E-state index in [1.54, 1.807) is 7.11 Å². The molecule has 2 rings (SSSR count). The average molecular weight is 304 g/mol. The van der Waals surface area contributed by atoms with Crippen molar-refractivity contribution < 1.29 is 4.74 Å². The molecular formula is C18H22ClNO. The number of ether oxygens (including phenoxy) is 1. The first-order chi connectivity index (χ1) is 10.1. The van der Waals surface area contributed by atoms with E-state index in [0.717, 1.165) is 23.7 Å². The second-order valence-electron chi connectivity index (χ2n) is 5.43. The highest BCUT2D eigenvalue weighted by Gasteiger charge is 2.07. The van der Waals surface area contributed by atoms with Gasteiger partial charge in [0.2, 0.25) is 0 Å². The summed E-state index contributed by atoms with van der Waals surface area (Å²) in [7, 11) is 1.71. The van der Waals surface area contributed by atoms with Gasteiger partial charge in [0, 0.05) is 23.2 Å². The van der Waals surface area contributed by atoms with Crippen molar-refractivity contribution in [2.75, 3.05) is 7.11 Å². The van der Waals surface area contributed by atoms with Crippen LogP contribution in [-0.4, -0.2) is 13.2 Å². The van der Waals surface area contributed by atoms with Gasteiger partial charge in [-0.3, -0.25) is 0 Å². The van der Waals surface area contributed by atoms with E-state index in [9.17, 15) is 0 Å². The van der Waals surface area contributed by atoms with Crippen LogP contribution in [0.5, 0.6) is 5.75 Å². The van der Waals surface area contributed by atoms with Crippen molar-refractivity contribution in [3.8, 4) is 5.75 Å². The molecule has 21 heavy (non-hydrogen) atoms. The summed E-state index contributed by atoms with van der Waals surface area (Å²) in [4.78, 5) is 0. The highest BCUT2D eigenvalue weighted by molar-refractivity contribution is 6.30. The number of hydrogen-bond donors (Lipinski definition) is 1. The van der Waals surface area contributed by atoms with Gasteiger partial charge in [-0.1, -0.05) is 41.4 Å². The van der Waals surface area contributed by atoms with E-state index in [1.807, 2.05) is 24.3 Å². The molecule has 1 atom stereocenters. The highest BCUT2D eigenvalue weighted by Crippen LogP contribution is 2.19. The van der Waals surface area contributed by atoms with E-state index >= 15 is 0 Å². The van der Waals surface area contributed by atoms with E-state index in [1.165, 1.54) is 16.7 Å². The van der Waals surface area contributed by atoms with E-state index in [4.69, 9.17) is 16.3 Å². The molecule has 0 fully saturated rings. The van der Waals surface area contributed by atoms with Crippen LogP contribution in [0, 0.1) is 6.92 Å². The van der Waals surface area contributed by atoms with Gasteiger partial charge in [-0.15, -0.1) is 0 Å². The van der Waals surface area contributed by atoms with Crippen LogP contribution in [0.25, 0.3) is 0 Å². The van der Waals surface area contributed by atoms with Crippen molar-refractivity contribution in [3.63, 3.8) is 0 Å². The normalized spacial score (nSPS) is 12.2. The Morgan fingerprint density at radius 2 is 2.00 bits per heavy atom. The molecule has 0 heterocycles. The van der Waals surface area contributed by atoms with Gasteiger partial charge in [0.05, 0.1) is 7.11 Å². The summed E-state index contributed by atoms with van der Waals surface area (Å²) >= 11 is 6.02. The zero-order valence-corrected chi connectivity index (χ0v) is 13.6. The van der Waals surface area contributed by atoms with Crippen LogP contribution >= 0.6 is 11.6 Å². The van der Waals surface area contributed by atoms with Crippen molar-refractivity contribution in [1.29, 1.82) is 0 Å². The molecule has 0 saturated carbocycles. The fourth-order valence-corrected chi connectivity index (χ4v) is 2.63. The molecule has 0 spiro atoms. The van der Waals surface area contributed by atoms with Crippen LogP contribution in [-0.2, 0) is 13.0 Å². The Bertz CT molecular complexity index is 598. The van der Waals surface area contributed by atoms with Crippen LogP contribution in [0.3, 0.4) is 0 Å². The lowest BCUT2D eigenvalue weighted by Crippen LogP contribution is -2.27. The number of aryl methyl sites for hydroxylation is 1. The summed E-state index contributed by atoms with van der Waals surface area (Å²) < 4.78 is 5.41. The van der Waals surface area contributed by atoms with Crippen molar-refractivity contribution in [3.05, 3.63) is 64.2 Å². The summed E-state index contributed by atoms with van der Waals surface area (Å²) in [5.41, 5.74) is 3.68. The van der Waals surface area contributed by atoms with Gasteiger partial charge in [-0.05, 0) is 44.0 Å². The zero-order chi connectivity index (χ0) is 15.2. The molecular weight excluding hydrogens is 282 g/mol. The molecule has 1 N–H and O–H groups in total. The SMILES string of the molecule is COc1ccc(C)cc1CNC(C)Cc1cccc(Cl)c1. The minimum absolute atomic E-state index is 0.369. The Morgan fingerprint density at radius 3 is 2.71 bits per heavy atom. The minimum Gasteiger partial charge on any atom is -0.496 e. The maximum Gasteiger partial charge on any atom is 0.123 e. The molecule has 0 bridgehead atoms. The van der Waals surface area contributed by atoms with Crippen molar-refractivity contribution in [2.45, 2.75) is 32.9 Å². The number of halogens is 1. The second-order valence-corrected chi connectivity index (χ2v) is 5.87. The monoisotopic (exact) mass is 303 g/mol. The third-order valence-corrected chi connectivity index (χ3v) is 3.74. The first-order valence-corrected chi connectivity index (χ1v) is 7.57.